The lowest BCUT2D eigenvalue weighted by molar-refractivity contribution is 0.202. The van der Waals surface area contributed by atoms with Crippen LogP contribution in [0, 0.1) is 12.8 Å². The summed E-state index contributed by atoms with van der Waals surface area (Å²) >= 11 is 1.64. The monoisotopic (exact) mass is 240 g/mol. The van der Waals surface area contributed by atoms with Crippen LogP contribution in [0.5, 0.6) is 0 Å². The van der Waals surface area contributed by atoms with E-state index in [4.69, 9.17) is 0 Å². The molecule has 1 N–H and O–H groups in total. The molecule has 3 nitrogen and oxygen atoms in total. The van der Waals surface area contributed by atoms with Crippen molar-refractivity contribution in [3.8, 4) is 0 Å². The largest absolute Gasteiger partial charge is 0.388 e. The van der Waals surface area contributed by atoms with E-state index in [-0.39, 0.29) is 0 Å². The molecule has 3 atom stereocenters. The first kappa shape index (κ1) is 11.9. The number of aliphatic hydroxyl groups excluding tert-OH is 1. The van der Waals surface area contributed by atoms with Gasteiger partial charge >= 0.3 is 0 Å². The van der Waals surface area contributed by atoms with E-state index in [2.05, 4.69) is 23.7 Å². The van der Waals surface area contributed by atoms with Gasteiger partial charge in [0.05, 0.1) is 16.7 Å². The fourth-order valence-corrected chi connectivity index (χ4v) is 3.59. The molecule has 3 unspecified atom stereocenters. The van der Waals surface area contributed by atoms with Crippen LogP contribution in [-0.2, 0) is 0 Å². The van der Waals surface area contributed by atoms with Crippen LogP contribution in [0.4, 0.5) is 5.13 Å². The van der Waals surface area contributed by atoms with Crippen molar-refractivity contribution in [1.82, 2.24) is 4.98 Å². The molecule has 1 aliphatic heterocycles. The van der Waals surface area contributed by atoms with Crippen molar-refractivity contribution in [2.24, 2.45) is 5.92 Å². The Bertz CT molecular complexity index is 375. The number of hydrogen-bond acceptors (Lipinski definition) is 4. The van der Waals surface area contributed by atoms with Gasteiger partial charge in [-0.3, -0.25) is 0 Å². The molecule has 0 spiro atoms. The van der Waals surface area contributed by atoms with Gasteiger partial charge in [-0.15, -0.1) is 0 Å². The Hall–Kier alpha value is -0.610. The second-order valence-electron chi connectivity index (χ2n) is 4.96. The lowest BCUT2D eigenvalue weighted by Crippen LogP contribution is -2.26. The zero-order valence-corrected chi connectivity index (χ0v) is 11.2. The van der Waals surface area contributed by atoms with Crippen molar-refractivity contribution in [3.05, 3.63) is 10.6 Å². The number of rotatable bonds is 2. The highest BCUT2D eigenvalue weighted by Crippen LogP contribution is 2.35. The van der Waals surface area contributed by atoms with Crippen LogP contribution in [0.1, 0.15) is 43.9 Å². The first-order valence-electron chi connectivity index (χ1n) is 5.91. The van der Waals surface area contributed by atoms with Crippen molar-refractivity contribution in [2.45, 2.75) is 46.3 Å². The van der Waals surface area contributed by atoms with Crippen LogP contribution in [0.3, 0.4) is 0 Å². The van der Waals surface area contributed by atoms with Crippen LogP contribution in [-0.4, -0.2) is 22.7 Å². The summed E-state index contributed by atoms with van der Waals surface area (Å²) in [5.41, 5.74) is 0.974. The average molecular weight is 240 g/mol. The van der Waals surface area contributed by atoms with E-state index in [0.717, 1.165) is 28.2 Å². The van der Waals surface area contributed by atoms with Gasteiger partial charge in [0.15, 0.2) is 5.13 Å². The Morgan fingerprint density at radius 1 is 1.50 bits per heavy atom. The zero-order valence-electron chi connectivity index (χ0n) is 10.4. The second-order valence-corrected chi connectivity index (χ2v) is 5.97. The number of thiazole rings is 1. The van der Waals surface area contributed by atoms with Gasteiger partial charge in [-0.05, 0) is 33.1 Å². The molecule has 2 rings (SSSR count). The summed E-state index contributed by atoms with van der Waals surface area (Å²) < 4.78 is 0. The van der Waals surface area contributed by atoms with E-state index in [9.17, 15) is 5.11 Å². The standard InChI is InChI=1S/C12H20N2OS/c1-7-5-8(2)14(6-7)12-13-9(3)11(16-12)10(4)15/h7-8,10,15H,5-6H2,1-4H3. The quantitative estimate of drug-likeness (QED) is 0.863. The van der Waals surface area contributed by atoms with Gasteiger partial charge in [-0.1, -0.05) is 18.3 Å². The minimum atomic E-state index is -0.401. The third-order valence-corrected chi connectivity index (χ3v) is 4.60. The van der Waals surface area contributed by atoms with Crippen LogP contribution < -0.4 is 4.90 Å². The molecule has 90 valence electrons. The molecule has 0 radical (unpaired) electrons. The number of hydrogen-bond donors (Lipinski definition) is 1. The number of aryl methyl sites for hydroxylation is 1. The number of anilines is 1. The van der Waals surface area contributed by atoms with Gasteiger partial charge < -0.3 is 10.0 Å². The Balaban J connectivity index is 2.24. The van der Waals surface area contributed by atoms with Crippen LogP contribution in [0.25, 0.3) is 0 Å². The van der Waals surface area contributed by atoms with Gasteiger partial charge in [-0.2, -0.15) is 0 Å². The SMILES string of the molecule is Cc1nc(N2CC(C)CC2C)sc1C(C)O. The van der Waals surface area contributed by atoms with Crippen LogP contribution in [0.2, 0.25) is 0 Å². The van der Waals surface area contributed by atoms with E-state index < -0.39 is 6.10 Å². The van der Waals surface area contributed by atoms with Crippen molar-refractivity contribution in [1.29, 1.82) is 0 Å². The maximum absolute atomic E-state index is 9.63. The van der Waals surface area contributed by atoms with Crippen molar-refractivity contribution in [2.75, 3.05) is 11.4 Å². The number of aromatic nitrogens is 1. The lowest BCUT2D eigenvalue weighted by atomic mass is 10.1. The fraction of sp³-hybridized carbons (Fsp3) is 0.750. The smallest absolute Gasteiger partial charge is 0.186 e. The Morgan fingerprint density at radius 2 is 2.19 bits per heavy atom. The molecule has 2 heterocycles. The molecular formula is C12H20N2OS. The molecule has 1 aromatic rings. The highest BCUT2D eigenvalue weighted by molar-refractivity contribution is 7.15. The third kappa shape index (κ3) is 2.09. The molecule has 0 aliphatic carbocycles. The maximum Gasteiger partial charge on any atom is 0.186 e. The predicted octanol–water partition coefficient (Wildman–Crippen LogP) is 2.74. The molecule has 1 aromatic heterocycles. The van der Waals surface area contributed by atoms with E-state index in [1.807, 2.05) is 6.92 Å². The fourth-order valence-electron chi connectivity index (χ4n) is 2.47. The highest BCUT2D eigenvalue weighted by atomic mass is 32.1. The summed E-state index contributed by atoms with van der Waals surface area (Å²) in [4.78, 5) is 7.95. The predicted molar refractivity (Wildman–Crippen MR) is 68.1 cm³/mol. The summed E-state index contributed by atoms with van der Waals surface area (Å²) in [6, 6.07) is 0.572. The summed E-state index contributed by atoms with van der Waals surface area (Å²) in [7, 11) is 0. The molecule has 1 saturated heterocycles. The summed E-state index contributed by atoms with van der Waals surface area (Å²) in [6.07, 6.45) is 0.837. The van der Waals surface area contributed by atoms with Crippen LogP contribution >= 0.6 is 11.3 Å². The molecule has 0 amide bonds. The molecular weight excluding hydrogens is 220 g/mol. The third-order valence-electron chi connectivity index (χ3n) is 3.23. The normalized spacial score (nSPS) is 27.4. The maximum atomic E-state index is 9.63. The van der Waals surface area contributed by atoms with Gasteiger partial charge in [0.25, 0.3) is 0 Å². The molecule has 0 aromatic carbocycles. The average Bonchev–Trinajstić information content (AvgIpc) is 2.69. The van der Waals surface area contributed by atoms with Crippen LogP contribution in [0.15, 0.2) is 0 Å². The van der Waals surface area contributed by atoms with Gasteiger partial charge in [0.2, 0.25) is 0 Å². The second kappa shape index (κ2) is 4.34. The summed E-state index contributed by atoms with van der Waals surface area (Å²) in [6.45, 7) is 9.41. The van der Waals surface area contributed by atoms with E-state index in [0.29, 0.717) is 6.04 Å². The number of nitrogens with zero attached hydrogens (tertiary/aromatic N) is 2. The Labute approximate surface area is 101 Å². The minimum absolute atomic E-state index is 0.401. The molecule has 0 bridgehead atoms. The first-order valence-corrected chi connectivity index (χ1v) is 6.72. The van der Waals surface area contributed by atoms with Gasteiger partial charge in [-0.25, -0.2) is 4.98 Å². The molecule has 0 saturated carbocycles. The molecule has 16 heavy (non-hydrogen) atoms. The van der Waals surface area contributed by atoms with E-state index in [1.54, 1.807) is 18.3 Å². The summed E-state index contributed by atoms with van der Waals surface area (Å²) in [5, 5.41) is 10.7. The topological polar surface area (TPSA) is 36.4 Å². The molecule has 4 heteroatoms. The van der Waals surface area contributed by atoms with Gasteiger partial charge in [0.1, 0.15) is 0 Å². The Kier molecular flexibility index (Phi) is 3.22. The van der Waals surface area contributed by atoms with Crippen molar-refractivity contribution >= 4 is 16.5 Å². The molecule has 1 aliphatic rings. The minimum Gasteiger partial charge on any atom is -0.388 e. The summed E-state index contributed by atoms with van der Waals surface area (Å²) in [5.74, 6) is 0.745. The molecule has 1 fully saturated rings. The highest BCUT2D eigenvalue weighted by Gasteiger charge is 2.29. The zero-order chi connectivity index (χ0) is 11.9. The Morgan fingerprint density at radius 3 is 2.62 bits per heavy atom. The first-order chi connectivity index (χ1) is 7.49. The van der Waals surface area contributed by atoms with Crippen molar-refractivity contribution in [3.63, 3.8) is 0 Å². The van der Waals surface area contributed by atoms with Gasteiger partial charge in [0, 0.05) is 12.6 Å². The number of aliphatic hydroxyl groups is 1. The van der Waals surface area contributed by atoms with E-state index in [1.165, 1.54) is 6.42 Å². The van der Waals surface area contributed by atoms with E-state index >= 15 is 0 Å². The lowest BCUT2D eigenvalue weighted by Gasteiger charge is -2.20. The van der Waals surface area contributed by atoms with Crippen molar-refractivity contribution < 1.29 is 5.11 Å².